The molecule has 9 heteroatoms. The van der Waals surface area contributed by atoms with E-state index < -0.39 is 11.2 Å². The summed E-state index contributed by atoms with van der Waals surface area (Å²) in [4.78, 5) is 31.0. The predicted molar refractivity (Wildman–Crippen MR) is 95.7 cm³/mol. The first kappa shape index (κ1) is 16.0. The normalized spacial score (nSPS) is 11.4. The molecule has 26 heavy (non-hydrogen) atoms. The highest BCUT2D eigenvalue weighted by Gasteiger charge is 2.20. The van der Waals surface area contributed by atoms with Crippen molar-refractivity contribution in [3.8, 4) is 17.2 Å². The smallest absolute Gasteiger partial charge is 0.329 e. The number of aryl methyl sites for hydroxylation is 2. The van der Waals surface area contributed by atoms with Crippen LogP contribution in [0.3, 0.4) is 0 Å². The molecular weight excluding hydrogens is 338 g/mol. The van der Waals surface area contributed by atoms with Gasteiger partial charge >= 0.3 is 5.69 Å². The van der Waals surface area contributed by atoms with E-state index in [4.69, 9.17) is 9.47 Å². The average Bonchev–Trinajstić information content (AvgIpc) is 3.14. The number of nitrogens with zero attached hydrogens (tertiary/aromatic N) is 4. The van der Waals surface area contributed by atoms with E-state index in [-0.39, 0.29) is 0 Å². The van der Waals surface area contributed by atoms with E-state index in [1.54, 1.807) is 37.9 Å². The SMILES string of the molecule is COc1ccc(-n2c(C)cn3c4c(=O)[nH]c(=O)n(C)c4nc23)c(OC)c1. The lowest BCUT2D eigenvalue weighted by Crippen LogP contribution is -2.28. The molecule has 4 aromatic rings. The summed E-state index contributed by atoms with van der Waals surface area (Å²) in [5, 5.41) is 0. The molecule has 0 saturated heterocycles. The van der Waals surface area contributed by atoms with Crippen molar-refractivity contribution in [2.45, 2.75) is 6.92 Å². The maximum absolute atomic E-state index is 12.3. The van der Waals surface area contributed by atoms with Crippen molar-refractivity contribution >= 4 is 16.9 Å². The Bertz CT molecular complexity index is 1270. The maximum Gasteiger partial charge on any atom is 0.329 e. The zero-order chi connectivity index (χ0) is 18.6. The van der Waals surface area contributed by atoms with Crippen molar-refractivity contribution in [2.24, 2.45) is 7.05 Å². The molecule has 0 aliphatic heterocycles. The van der Waals surface area contributed by atoms with E-state index in [2.05, 4.69) is 9.97 Å². The molecule has 0 fully saturated rings. The van der Waals surface area contributed by atoms with Gasteiger partial charge in [0.05, 0.1) is 19.9 Å². The van der Waals surface area contributed by atoms with Crippen LogP contribution in [-0.2, 0) is 7.05 Å². The number of aromatic nitrogens is 5. The van der Waals surface area contributed by atoms with Crippen LogP contribution >= 0.6 is 0 Å². The number of methoxy groups -OCH3 is 2. The Kier molecular flexibility index (Phi) is 3.39. The zero-order valence-corrected chi connectivity index (χ0v) is 14.7. The molecule has 0 aliphatic carbocycles. The molecule has 4 rings (SSSR count). The van der Waals surface area contributed by atoms with Crippen LogP contribution in [0.25, 0.3) is 22.6 Å². The standard InChI is InChI=1S/C17H17N5O4/c1-9-8-21-13-14(20(2)17(24)19-15(13)23)18-16(21)22(9)11-6-5-10(25-3)7-12(11)26-4/h5-8H,1-4H3,(H,19,23,24). The van der Waals surface area contributed by atoms with Crippen LogP contribution in [0.15, 0.2) is 34.0 Å². The van der Waals surface area contributed by atoms with E-state index in [1.807, 2.05) is 23.6 Å². The Balaban J connectivity index is 2.12. The van der Waals surface area contributed by atoms with Crippen molar-refractivity contribution in [1.29, 1.82) is 0 Å². The lowest BCUT2D eigenvalue weighted by atomic mass is 10.2. The summed E-state index contributed by atoms with van der Waals surface area (Å²) in [6, 6.07) is 5.45. The first-order valence-electron chi connectivity index (χ1n) is 7.88. The van der Waals surface area contributed by atoms with Crippen LogP contribution in [-0.4, -0.2) is 37.7 Å². The third-order valence-corrected chi connectivity index (χ3v) is 4.43. The van der Waals surface area contributed by atoms with Gasteiger partial charge in [-0.25, -0.2) is 4.79 Å². The number of nitrogens with one attached hydrogen (secondary N) is 1. The topological polar surface area (TPSA) is 95.6 Å². The maximum atomic E-state index is 12.3. The minimum atomic E-state index is -0.506. The molecule has 0 atom stereocenters. The van der Waals surface area contributed by atoms with Crippen molar-refractivity contribution in [2.75, 3.05) is 14.2 Å². The van der Waals surface area contributed by atoms with Crippen LogP contribution in [0.4, 0.5) is 0 Å². The summed E-state index contributed by atoms with van der Waals surface area (Å²) < 4.78 is 15.6. The van der Waals surface area contributed by atoms with Gasteiger partial charge in [0.25, 0.3) is 5.56 Å². The van der Waals surface area contributed by atoms with Crippen LogP contribution < -0.4 is 20.7 Å². The summed E-state index contributed by atoms with van der Waals surface area (Å²) in [5.74, 6) is 1.77. The van der Waals surface area contributed by atoms with Crippen LogP contribution in [0.1, 0.15) is 5.69 Å². The van der Waals surface area contributed by atoms with E-state index in [0.29, 0.717) is 28.4 Å². The highest BCUT2D eigenvalue weighted by molar-refractivity contribution is 5.76. The summed E-state index contributed by atoms with van der Waals surface area (Å²) in [6.07, 6.45) is 1.80. The number of imidazole rings is 2. The number of rotatable bonds is 3. The number of hydrogen-bond acceptors (Lipinski definition) is 5. The lowest BCUT2D eigenvalue weighted by Gasteiger charge is -2.12. The number of ether oxygens (including phenoxy) is 2. The van der Waals surface area contributed by atoms with Crippen molar-refractivity contribution < 1.29 is 9.47 Å². The molecule has 134 valence electrons. The fourth-order valence-electron chi connectivity index (χ4n) is 3.14. The van der Waals surface area contributed by atoms with Gasteiger partial charge in [-0.1, -0.05) is 0 Å². The zero-order valence-electron chi connectivity index (χ0n) is 14.7. The molecule has 1 aromatic carbocycles. The highest BCUT2D eigenvalue weighted by atomic mass is 16.5. The lowest BCUT2D eigenvalue weighted by molar-refractivity contribution is 0.393. The molecule has 0 spiro atoms. The van der Waals surface area contributed by atoms with Crippen molar-refractivity contribution in [3.63, 3.8) is 0 Å². The molecule has 0 saturated carbocycles. The minimum Gasteiger partial charge on any atom is -0.497 e. The van der Waals surface area contributed by atoms with Gasteiger partial charge in [0.1, 0.15) is 11.5 Å². The van der Waals surface area contributed by atoms with Gasteiger partial charge in [0, 0.05) is 25.0 Å². The number of aromatic amines is 1. The number of hydrogen-bond donors (Lipinski definition) is 1. The van der Waals surface area contributed by atoms with E-state index in [9.17, 15) is 9.59 Å². The summed E-state index contributed by atoms with van der Waals surface area (Å²) in [5.41, 5.74) is 1.25. The van der Waals surface area contributed by atoms with Gasteiger partial charge in [-0.05, 0) is 19.1 Å². The molecule has 3 heterocycles. The van der Waals surface area contributed by atoms with Crippen LogP contribution in [0.5, 0.6) is 11.5 Å². The molecule has 0 unspecified atom stereocenters. The highest BCUT2D eigenvalue weighted by Crippen LogP contribution is 2.31. The second kappa shape index (κ2) is 5.51. The third kappa shape index (κ3) is 2.06. The third-order valence-electron chi connectivity index (χ3n) is 4.43. The molecule has 0 aliphatic rings. The molecular formula is C17H17N5O4. The molecule has 0 amide bonds. The second-order valence-corrected chi connectivity index (χ2v) is 5.92. The Morgan fingerprint density at radius 1 is 1.15 bits per heavy atom. The summed E-state index contributed by atoms with van der Waals surface area (Å²) in [6.45, 7) is 1.90. The molecule has 0 bridgehead atoms. The largest absolute Gasteiger partial charge is 0.497 e. The first-order chi connectivity index (χ1) is 12.5. The average molecular weight is 355 g/mol. The Labute approximate surface area is 147 Å². The summed E-state index contributed by atoms with van der Waals surface area (Å²) >= 11 is 0. The Hall–Kier alpha value is -3.49. The Morgan fingerprint density at radius 2 is 1.92 bits per heavy atom. The quantitative estimate of drug-likeness (QED) is 0.591. The monoisotopic (exact) mass is 355 g/mol. The molecule has 0 radical (unpaired) electrons. The number of benzene rings is 1. The van der Waals surface area contributed by atoms with Gasteiger partial charge in [0.15, 0.2) is 11.2 Å². The van der Waals surface area contributed by atoms with Crippen molar-refractivity contribution in [1.82, 2.24) is 23.5 Å². The van der Waals surface area contributed by atoms with Crippen LogP contribution in [0.2, 0.25) is 0 Å². The van der Waals surface area contributed by atoms with E-state index in [0.717, 1.165) is 11.4 Å². The van der Waals surface area contributed by atoms with Gasteiger partial charge in [-0.3, -0.25) is 23.3 Å². The first-order valence-corrected chi connectivity index (χ1v) is 7.88. The van der Waals surface area contributed by atoms with Gasteiger partial charge < -0.3 is 9.47 Å². The van der Waals surface area contributed by atoms with E-state index >= 15 is 0 Å². The van der Waals surface area contributed by atoms with Gasteiger partial charge in [0.2, 0.25) is 5.78 Å². The molecule has 3 aromatic heterocycles. The number of H-pyrrole nitrogens is 1. The van der Waals surface area contributed by atoms with Gasteiger partial charge in [-0.2, -0.15) is 4.98 Å². The van der Waals surface area contributed by atoms with Crippen molar-refractivity contribution in [3.05, 3.63) is 50.9 Å². The van der Waals surface area contributed by atoms with E-state index in [1.165, 1.54) is 4.57 Å². The molecule has 1 N–H and O–H groups in total. The molecule has 9 nitrogen and oxygen atoms in total. The summed E-state index contributed by atoms with van der Waals surface area (Å²) in [7, 11) is 4.73. The fourth-order valence-corrected chi connectivity index (χ4v) is 3.14. The van der Waals surface area contributed by atoms with Gasteiger partial charge in [-0.15, -0.1) is 0 Å². The number of fused-ring (bicyclic) bond motifs is 3. The second-order valence-electron chi connectivity index (χ2n) is 5.92. The minimum absolute atomic E-state index is 0.315. The Morgan fingerprint density at radius 3 is 2.62 bits per heavy atom. The van der Waals surface area contributed by atoms with Crippen LogP contribution in [0, 0.1) is 6.92 Å². The fraction of sp³-hybridized carbons (Fsp3) is 0.235. The predicted octanol–water partition coefficient (Wildman–Crippen LogP) is 0.991.